The molecule has 1 rings (SSSR count). The molecule has 1 aromatic carbocycles. The predicted octanol–water partition coefficient (Wildman–Crippen LogP) is 4.14. The molecule has 0 aliphatic rings. The minimum atomic E-state index is -6.42. The highest BCUT2D eigenvalue weighted by molar-refractivity contribution is 5.80. The molecule has 0 aliphatic heterocycles. The lowest BCUT2D eigenvalue weighted by atomic mass is 10.1. The van der Waals surface area contributed by atoms with Crippen molar-refractivity contribution in [1.82, 2.24) is 5.43 Å². The third kappa shape index (κ3) is 4.18. The number of allylic oxidation sites excluding steroid dienone is 1. The molecule has 0 radical (unpaired) electrons. The zero-order valence-corrected chi connectivity index (χ0v) is 12.3. The van der Waals surface area contributed by atoms with Crippen molar-refractivity contribution in [3.63, 3.8) is 0 Å². The molecule has 0 bridgehead atoms. The van der Waals surface area contributed by atoms with Gasteiger partial charge in [-0.15, -0.1) is 6.58 Å². The van der Waals surface area contributed by atoms with E-state index >= 15 is 0 Å². The van der Waals surface area contributed by atoms with Crippen molar-refractivity contribution < 1.29 is 35.5 Å². The number of halogens is 7. The largest absolute Gasteiger partial charge is 0.496 e. The molecule has 0 saturated heterocycles. The second-order valence-electron chi connectivity index (χ2n) is 4.58. The fourth-order valence-corrected chi connectivity index (χ4v) is 1.63. The second kappa shape index (κ2) is 7.10. The summed E-state index contributed by atoms with van der Waals surface area (Å²) in [6, 6.07) is -1.34. The maximum Gasteiger partial charge on any atom is 0.462 e. The standard InChI is InChI=1S/C14H13F7N2O/c1-3-4-10-7-9(5-6-11(10)24-2)8-22-23-14(20,21)12(15,16)13(17,18)19/h3,5-8,23H,1,4H2,2H3/b22-8+. The average Bonchev–Trinajstić information content (AvgIpc) is 2.46. The molecule has 134 valence electrons. The number of ether oxygens (including phenoxy) is 1. The number of methoxy groups -OCH3 is 1. The molecule has 0 fully saturated rings. The number of alkyl halides is 7. The molecular weight excluding hydrogens is 345 g/mol. The van der Waals surface area contributed by atoms with E-state index in [2.05, 4.69) is 11.7 Å². The summed E-state index contributed by atoms with van der Waals surface area (Å²) in [6.07, 6.45) is -3.84. The zero-order chi connectivity index (χ0) is 18.6. The highest BCUT2D eigenvalue weighted by atomic mass is 19.4. The third-order valence-electron chi connectivity index (χ3n) is 2.84. The molecule has 0 atom stereocenters. The molecule has 3 nitrogen and oxygen atoms in total. The van der Waals surface area contributed by atoms with Crippen LogP contribution >= 0.6 is 0 Å². The average molecular weight is 358 g/mol. The maximum atomic E-state index is 13.0. The Bertz CT molecular complexity index is 612. The first-order chi connectivity index (χ1) is 11.0. The van der Waals surface area contributed by atoms with Gasteiger partial charge in [0.25, 0.3) is 0 Å². The van der Waals surface area contributed by atoms with E-state index in [4.69, 9.17) is 4.74 Å². The molecule has 24 heavy (non-hydrogen) atoms. The molecule has 0 amide bonds. The van der Waals surface area contributed by atoms with Gasteiger partial charge in [-0.25, -0.2) is 5.43 Å². The van der Waals surface area contributed by atoms with Crippen LogP contribution < -0.4 is 10.2 Å². The van der Waals surface area contributed by atoms with E-state index < -0.39 is 18.1 Å². The van der Waals surface area contributed by atoms with Crippen LogP contribution in [0.1, 0.15) is 11.1 Å². The normalized spacial score (nSPS) is 13.2. The summed E-state index contributed by atoms with van der Waals surface area (Å²) in [5.74, 6) is -5.81. The number of hydrogen-bond donors (Lipinski definition) is 1. The van der Waals surface area contributed by atoms with Gasteiger partial charge in [-0.3, -0.25) is 0 Å². The van der Waals surface area contributed by atoms with Crippen LogP contribution in [0.5, 0.6) is 5.75 Å². The third-order valence-corrected chi connectivity index (χ3v) is 2.84. The maximum absolute atomic E-state index is 13.0. The molecule has 0 spiro atoms. The quantitative estimate of drug-likeness (QED) is 0.261. The molecule has 1 aromatic rings. The van der Waals surface area contributed by atoms with Gasteiger partial charge in [0.2, 0.25) is 0 Å². The number of nitrogens with zero attached hydrogens (tertiary/aromatic N) is 1. The fourth-order valence-electron chi connectivity index (χ4n) is 1.63. The number of rotatable bonds is 7. The van der Waals surface area contributed by atoms with Crippen molar-refractivity contribution in [3.8, 4) is 5.75 Å². The number of benzene rings is 1. The zero-order valence-electron chi connectivity index (χ0n) is 12.3. The Morgan fingerprint density at radius 2 is 1.79 bits per heavy atom. The summed E-state index contributed by atoms with van der Waals surface area (Å²) < 4.78 is 92.2. The minimum absolute atomic E-state index is 0.186. The van der Waals surface area contributed by atoms with Gasteiger partial charge in [0, 0.05) is 0 Å². The van der Waals surface area contributed by atoms with Crippen molar-refractivity contribution in [2.45, 2.75) is 24.6 Å². The smallest absolute Gasteiger partial charge is 0.462 e. The van der Waals surface area contributed by atoms with Crippen LogP contribution in [-0.2, 0) is 6.42 Å². The lowest BCUT2D eigenvalue weighted by Crippen LogP contribution is -2.58. The minimum Gasteiger partial charge on any atom is -0.496 e. The molecular formula is C14H13F7N2O. The summed E-state index contributed by atoms with van der Waals surface area (Å²) in [6.45, 7) is 3.51. The highest BCUT2D eigenvalue weighted by Crippen LogP contribution is 2.44. The van der Waals surface area contributed by atoms with Crippen LogP contribution in [0, 0.1) is 0 Å². The SMILES string of the molecule is C=CCc1cc(/C=N/NC(F)(F)C(F)(F)C(F)(F)F)ccc1OC. The van der Waals surface area contributed by atoms with E-state index in [1.807, 2.05) is 0 Å². The van der Waals surface area contributed by atoms with Gasteiger partial charge in [-0.1, -0.05) is 6.08 Å². The van der Waals surface area contributed by atoms with Crippen LogP contribution in [0.3, 0.4) is 0 Å². The predicted molar refractivity (Wildman–Crippen MR) is 73.6 cm³/mol. The topological polar surface area (TPSA) is 33.6 Å². The van der Waals surface area contributed by atoms with E-state index in [1.165, 1.54) is 31.4 Å². The monoisotopic (exact) mass is 358 g/mol. The first-order valence-corrected chi connectivity index (χ1v) is 6.36. The van der Waals surface area contributed by atoms with Crippen LogP contribution in [-0.4, -0.2) is 31.5 Å². The molecule has 0 aromatic heterocycles. The lowest BCUT2D eigenvalue weighted by Gasteiger charge is -2.27. The first kappa shape index (κ1) is 19.8. The van der Waals surface area contributed by atoms with Gasteiger partial charge in [0.15, 0.2) is 0 Å². The van der Waals surface area contributed by atoms with Gasteiger partial charge in [0.1, 0.15) is 5.75 Å². The number of nitrogens with one attached hydrogen (secondary N) is 1. The van der Waals surface area contributed by atoms with Crippen LogP contribution in [0.25, 0.3) is 0 Å². The summed E-state index contributed by atoms with van der Waals surface area (Å²) >= 11 is 0. The van der Waals surface area contributed by atoms with Crippen molar-refractivity contribution in [2.75, 3.05) is 7.11 Å². The van der Waals surface area contributed by atoms with Crippen LogP contribution in [0.15, 0.2) is 36.0 Å². The Morgan fingerprint density at radius 1 is 1.17 bits per heavy atom. The summed E-state index contributed by atoms with van der Waals surface area (Å²) in [5, 5.41) is 2.78. The Hall–Kier alpha value is -2.26. The Morgan fingerprint density at radius 3 is 2.29 bits per heavy atom. The molecule has 10 heteroatoms. The van der Waals surface area contributed by atoms with Gasteiger partial charge >= 0.3 is 18.1 Å². The summed E-state index contributed by atoms with van der Waals surface area (Å²) in [5.41, 5.74) is 1.34. The molecule has 0 heterocycles. The van der Waals surface area contributed by atoms with Crippen molar-refractivity contribution in [2.24, 2.45) is 5.10 Å². The first-order valence-electron chi connectivity index (χ1n) is 6.36. The second-order valence-corrected chi connectivity index (χ2v) is 4.58. The van der Waals surface area contributed by atoms with Crippen LogP contribution in [0.2, 0.25) is 0 Å². The Balaban J connectivity index is 2.94. The molecule has 1 N–H and O–H groups in total. The highest BCUT2D eigenvalue weighted by Gasteiger charge is 2.73. The summed E-state index contributed by atoms with van der Waals surface area (Å²) in [4.78, 5) is 0. The fraction of sp³-hybridized carbons (Fsp3) is 0.357. The van der Waals surface area contributed by atoms with E-state index in [0.29, 0.717) is 29.4 Å². The Kier molecular flexibility index (Phi) is 5.85. The van der Waals surface area contributed by atoms with Crippen molar-refractivity contribution >= 4 is 6.21 Å². The van der Waals surface area contributed by atoms with Gasteiger partial charge < -0.3 is 4.74 Å². The lowest BCUT2D eigenvalue weighted by molar-refractivity contribution is -0.361. The van der Waals surface area contributed by atoms with E-state index in [0.717, 1.165) is 0 Å². The van der Waals surface area contributed by atoms with E-state index in [9.17, 15) is 30.7 Å². The van der Waals surface area contributed by atoms with Gasteiger partial charge in [-0.2, -0.15) is 35.8 Å². The molecule has 0 aliphatic carbocycles. The molecule has 0 unspecified atom stereocenters. The number of hydrazone groups is 1. The summed E-state index contributed by atoms with van der Waals surface area (Å²) in [7, 11) is 1.40. The number of hydrogen-bond acceptors (Lipinski definition) is 3. The molecule has 0 saturated carbocycles. The van der Waals surface area contributed by atoms with E-state index in [-0.39, 0.29) is 5.56 Å². The van der Waals surface area contributed by atoms with Gasteiger partial charge in [0.05, 0.1) is 13.3 Å². The van der Waals surface area contributed by atoms with Crippen LogP contribution in [0.4, 0.5) is 30.7 Å². The Labute approximate surface area is 132 Å². The van der Waals surface area contributed by atoms with Crippen molar-refractivity contribution in [1.29, 1.82) is 0 Å². The van der Waals surface area contributed by atoms with E-state index in [1.54, 1.807) is 0 Å². The van der Waals surface area contributed by atoms with Crippen molar-refractivity contribution in [3.05, 3.63) is 42.0 Å². The van der Waals surface area contributed by atoms with Gasteiger partial charge in [-0.05, 0) is 35.7 Å².